The molecule has 0 unspecified atom stereocenters. The maximum atomic E-state index is 12.6. The van der Waals surface area contributed by atoms with Gasteiger partial charge in [-0.2, -0.15) is 0 Å². The molecule has 0 bridgehead atoms. The molecule has 0 fully saturated rings. The Morgan fingerprint density at radius 3 is 2.19 bits per heavy atom. The molecule has 2 aromatic carbocycles. The molecule has 188 valence electrons. The Morgan fingerprint density at radius 2 is 1.64 bits per heavy atom. The molecule has 2 amide bonds. The number of hydrogen-bond donors (Lipinski definition) is 3. The lowest BCUT2D eigenvalue weighted by Gasteiger charge is -2.22. The van der Waals surface area contributed by atoms with E-state index in [2.05, 4.69) is 15.6 Å². The van der Waals surface area contributed by atoms with Crippen molar-refractivity contribution in [2.75, 3.05) is 13.2 Å². The van der Waals surface area contributed by atoms with Crippen molar-refractivity contribution < 1.29 is 33.4 Å². The van der Waals surface area contributed by atoms with Crippen LogP contribution >= 0.6 is 0 Å². The number of aromatic carboxylic acids is 1. The Morgan fingerprint density at radius 1 is 1.03 bits per heavy atom. The third-order valence-electron chi connectivity index (χ3n) is 5.52. The van der Waals surface area contributed by atoms with Crippen LogP contribution in [-0.4, -0.2) is 47.0 Å². The minimum Gasteiger partial charge on any atom is -0.475 e. The number of carbonyl (C=O) groups excluding carboxylic acids is 2. The van der Waals surface area contributed by atoms with Gasteiger partial charge in [-0.3, -0.25) is 0 Å². The van der Waals surface area contributed by atoms with Crippen LogP contribution in [0.25, 0.3) is 11.1 Å². The van der Waals surface area contributed by atoms with Gasteiger partial charge in [-0.1, -0.05) is 48.5 Å². The average Bonchev–Trinajstić information content (AvgIpc) is 3.43. The molecule has 0 aliphatic heterocycles. The topological polar surface area (TPSA) is 140 Å². The molecule has 1 aliphatic carbocycles. The van der Waals surface area contributed by atoms with Gasteiger partial charge in [-0.25, -0.2) is 19.4 Å². The predicted octanol–water partition coefficient (Wildman–Crippen LogP) is 4.48. The Hall–Kier alpha value is -4.34. The number of carboxylic acid groups (broad SMARTS) is 1. The number of benzene rings is 2. The van der Waals surface area contributed by atoms with Crippen LogP contribution in [0.15, 0.2) is 59.1 Å². The van der Waals surface area contributed by atoms with Crippen LogP contribution in [0.5, 0.6) is 0 Å². The van der Waals surface area contributed by atoms with Gasteiger partial charge in [0, 0.05) is 5.92 Å². The number of aromatic nitrogens is 1. The number of hydrogen-bond acceptors (Lipinski definition) is 7. The standard InChI is InChI=1S/C26H27N3O7/c1-26(2,3)36-25(33)29-20(22-27-13-21(35-22)23(30)31)12-28-24(32)34-14-19-17-10-6-4-8-15(17)16-9-5-7-11-18(16)19/h4-11,13,19-20H,12,14H2,1-3H3,(H,28,32)(H,29,33)(H,30,31)/t20-/m0/s1. The van der Waals surface area contributed by atoms with Gasteiger partial charge in [0.25, 0.3) is 0 Å². The van der Waals surface area contributed by atoms with Crippen LogP contribution in [0.3, 0.4) is 0 Å². The number of nitrogens with one attached hydrogen (secondary N) is 2. The lowest BCUT2D eigenvalue weighted by atomic mass is 9.98. The van der Waals surface area contributed by atoms with Crippen LogP contribution in [-0.2, 0) is 9.47 Å². The molecule has 0 saturated heterocycles. The first-order valence-electron chi connectivity index (χ1n) is 11.4. The number of oxazole rings is 1. The van der Waals surface area contributed by atoms with Crippen LogP contribution in [0.2, 0.25) is 0 Å². The molecule has 3 aromatic rings. The lowest BCUT2D eigenvalue weighted by Crippen LogP contribution is -2.40. The number of nitrogens with zero attached hydrogens (tertiary/aromatic N) is 1. The van der Waals surface area contributed by atoms with Crippen molar-refractivity contribution >= 4 is 18.2 Å². The number of carboxylic acids is 1. The highest BCUT2D eigenvalue weighted by atomic mass is 16.6. The Labute approximate surface area is 207 Å². The van der Waals surface area contributed by atoms with Crippen molar-refractivity contribution in [2.45, 2.75) is 38.3 Å². The summed E-state index contributed by atoms with van der Waals surface area (Å²) < 4.78 is 16.0. The summed E-state index contributed by atoms with van der Waals surface area (Å²) in [5, 5.41) is 14.2. The zero-order valence-corrected chi connectivity index (χ0v) is 20.1. The van der Waals surface area contributed by atoms with Crippen molar-refractivity contribution in [3.63, 3.8) is 0 Å². The minimum absolute atomic E-state index is 0.0998. The second kappa shape index (κ2) is 10.1. The number of amides is 2. The maximum absolute atomic E-state index is 12.6. The van der Waals surface area contributed by atoms with Gasteiger partial charge in [-0.05, 0) is 43.0 Å². The molecule has 1 heterocycles. The number of fused-ring (bicyclic) bond motifs is 3. The Bertz CT molecular complexity index is 1230. The van der Waals surface area contributed by atoms with E-state index in [4.69, 9.17) is 19.0 Å². The summed E-state index contributed by atoms with van der Waals surface area (Å²) in [5.41, 5.74) is 3.62. The zero-order chi connectivity index (χ0) is 25.9. The molecular formula is C26H27N3O7. The molecule has 10 heteroatoms. The van der Waals surface area contributed by atoms with E-state index in [9.17, 15) is 14.4 Å². The normalized spacial score (nSPS) is 13.3. The van der Waals surface area contributed by atoms with Gasteiger partial charge in [0.15, 0.2) is 0 Å². The van der Waals surface area contributed by atoms with E-state index >= 15 is 0 Å². The van der Waals surface area contributed by atoms with Gasteiger partial charge in [0.1, 0.15) is 18.2 Å². The fourth-order valence-corrected chi connectivity index (χ4v) is 4.03. The van der Waals surface area contributed by atoms with Crippen molar-refractivity contribution in [1.82, 2.24) is 15.6 Å². The van der Waals surface area contributed by atoms with Crippen LogP contribution < -0.4 is 10.6 Å². The Balaban J connectivity index is 1.41. The molecule has 4 rings (SSSR count). The summed E-state index contributed by atoms with van der Waals surface area (Å²) in [5.74, 6) is -1.92. The minimum atomic E-state index is -1.31. The predicted molar refractivity (Wildman–Crippen MR) is 129 cm³/mol. The molecule has 0 saturated carbocycles. The van der Waals surface area contributed by atoms with Crippen molar-refractivity contribution in [3.8, 4) is 11.1 Å². The van der Waals surface area contributed by atoms with Gasteiger partial charge >= 0.3 is 18.2 Å². The molecule has 3 N–H and O–H groups in total. The highest BCUT2D eigenvalue weighted by Crippen LogP contribution is 2.44. The average molecular weight is 494 g/mol. The summed E-state index contributed by atoms with van der Waals surface area (Å²) in [6.07, 6.45) is -0.468. The number of alkyl carbamates (subject to hydrolysis) is 2. The van der Waals surface area contributed by atoms with Gasteiger partial charge < -0.3 is 29.6 Å². The van der Waals surface area contributed by atoms with Crippen molar-refractivity contribution in [3.05, 3.63) is 77.5 Å². The smallest absolute Gasteiger partial charge is 0.408 e. The van der Waals surface area contributed by atoms with Crippen molar-refractivity contribution in [1.29, 1.82) is 0 Å². The first kappa shape index (κ1) is 24.8. The first-order valence-corrected chi connectivity index (χ1v) is 11.4. The van der Waals surface area contributed by atoms with E-state index in [0.717, 1.165) is 28.5 Å². The van der Waals surface area contributed by atoms with E-state index < -0.39 is 35.6 Å². The van der Waals surface area contributed by atoms with Crippen LogP contribution in [0.4, 0.5) is 9.59 Å². The number of rotatable bonds is 7. The van der Waals surface area contributed by atoms with E-state index in [-0.39, 0.29) is 25.0 Å². The molecule has 1 aliphatic rings. The molecule has 0 spiro atoms. The molecule has 1 atom stereocenters. The quantitative estimate of drug-likeness (QED) is 0.438. The highest BCUT2D eigenvalue weighted by molar-refractivity contribution is 5.84. The second-order valence-electron chi connectivity index (χ2n) is 9.27. The summed E-state index contributed by atoms with van der Waals surface area (Å²) in [6.45, 7) is 5.04. The maximum Gasteiger partial charge on any atom is 0.408 e. The zero-order valence-electron chi connectivity index (χ0n) is 20.1. The molecule has 36 heavy (non-hydrogen) atoms. The molecule has 0 radical (unpaired) electrons. The number of carbonyl (C=O) groups is 3. The summed E-state index contributed by atoms with van der Waals surface area (Å²) in [7, 11) is 0. The summed E-state index contributed by atoms with van der Waals surface area (Å²) >= 11 is 0. The van der Waals surface area contributed by atoms with Gasteiger partial charge in [0.05, 0.1) is 12.7 Å². The SMILES string of the molecule is CC(C)(C)OC(=O)N[C@@H](CNC(=O)OCC1c2ccccc2-c2ccccc21)c1ncc(C(=O)O)o1. The van der Waals surface area contributed by atoms with E-state index in [1.165, 1.54) is 0 Å². The molecule has 10 nitrogen and oxygen atoms in total. The first-order chi connectivity index (χ1) is 17.1. The summed E-state index contributed by atoms with van der Waals surface area (Å²) in [6, 6.07) is 15.0. The second-order valence-corrected chi connectivity index (χ2v) is 9.27. The van der Waals surface area contributed by atoms with Crippen LogP contribution in [0, 0.1) is 0 Å². The Kier molecular flexibility index (Phi) is 6.96. The third-order valence-corrected chi connectivity index (χ3v) is 5.52. The van der Waals surface area contributed by atoms with E-state index in [1.54, 1.807) is 20.8 Å². The van der Waals surface area contributed by atoms with Crippen LogP contribution in [0.1, 0.15) is 60.3 Å². The molecule has 1 aromatic heterocycles. The monoisotopic (exact) mass is 493 g/mol. The summed E-state index contributed by atoms with van der Waals surface area (Å²) in [4.78, 5) is 39.9. The van der Waals surface area contributed by atoms with Crippen molar-refractivity contribution in [2.24, 2.45) is 0 Å². The van der Waals surface area contributed by atoms with Gasteiger partial charge in [0.2, 0.25) is 11.7 Å². The lowest BCUT2D eigenvalue weighted by molar-refractivity contribution is 0.0493. The highest BCUT2D eigenvalue weighted by Gasteiger charge is 2.30. The fraction of sp³-hybridized carbons (Fsp3) is 0.308. The number of ether oxygens (including phenoxy) is 2. The fourth-order valence-electron chi connectivity index (χ4n) is 4.03. The van der Waals surface area contributed by atoms with Gasteiger partial charge in [-0.15, -0.1) is 0 Å². The third kappa shape index (κ3) is 5.65. The molecular weight excluding hydrogens is 466 g/mol. The largest absolute Gasteiger partial charge is 0.475 e. The van der Waals surface area contributed by atoms with E-state index in [1.807, 2.05) is 48.5 Å². The van der Waals surface area contributed by atoms with E-state index in [0.29, 0.717) is 0 Å².